The van der Waals surface area contributed by atoms with E-state index in [2.05, 4.69) is 5.32 Å². The molecule has 0 aromatic heterocycles. The minimum atomic E-state index is -0.523. The molecule has 2 aliphatic rings. The molecule has 2 atom stereocenters. The molecule has 2 heterocycles. The lowest BCUT2D eigenvalue weighted by atomic mass is 10.0. The maximum atomic E-state index is 12.7. The maximum absolute atomic E-state index is 12.7. The summed E-state index contributed by atoms with van der Waals surface area (Å²) in [5.74, 6) is 0.125. The molecule has 130 valence electrons. The van der Waals surface area contributed by atoms with Crippen molar-refractivity contribution in [3.8, 4) is 0 Å². The standard InChI is InChI=1S/C18H26N4O2/c19-16(11-14-5-2-1-3-6-14)18(24)21-9-4-7-15(13-21)22-10-8-20-12-17(22)23/h1-3,5-6,15-16,20H,4,7-13,19H2/t15?,16-/m0/s1. The van der Waals surface area contributed by atoms with E-state index < -0.39 is 6.04 Å². The number of hydrogen-bond acceptors (Lipinski definition) is 4. The fraction of sp³-hybridized carbons (Fsp3) is 0.556. The quantitative estimate of drug-likeness (QED) is 0.813. The van der Waals surface area contributed by atoms with Crippen LogP contribution in [0.25, 0.3) is 0 Å². The van der Waals surface area contributed by atoms with E-state index in [1.807, 2.05) is 40.1 Å². The van der Waals surface area contributed by atoms with Gasteiger partial charge in [0.15, 0.2) is 0 Å². The van der Waals surface area contributed by atoms with Crippen molar-refractivity contribution < 1.29 is 9.59 Å². The number of likely N-dealkylation sites (tertiary alicyclic amines) is 1. The van der Waals surface area contributed by atoms with Crippen LogP contribution in [0.2, 0.25) is 0 Å². The summed E-state index contributed by atoms with van der Waals surface area (Å²) >= 11 is 0. The highest BCUT2D eigenvalue weighted by Gasteiger charge is 2.32. The van der Waals surface area contributed by atoms with Crippen molar-refractivity contribution in [3.63, 3.8) is 0 Å². The van der Waals surface area contributed by atoms with Crippen molar-refractivity contribution in [3.05, 3.63) is 35.9 Å². The number of piperazine rings is 1. The number of nitrogens with two attached hydrogens (primary N) is 1. The SMILES string of the molecule is N[C@@H](Cc1ccccc1)C(=O)N1CCCC(N2CCNCC2=O)C1. The van der Waals surface area contributed by atoms with E-state index >= 15 is 0 Å². The lowest BCUT2D eigenvalue weighted by Crippen LogP contribution is -2.59. The molecule has 2 amide bonds. The zero-order valence-electron chi connectivity index (χ0n) is 14.0. The van der Waals surface area contributed by atoms with Crippen LogP contribution in [-0.2, 0) is 16.0 Å². The largest absolute Gasteiger partial charge is 0.339 e. The first-order chi connectivity index (χ1) is 11.6. The third kappa shape index (κ3) is 3.94. The molecule has 6 heteroatoms. The molecule has 6 nitrogen and oxygen atoms in total. The van der Waals surface area contributed by atoms with Gasteiger partial charge in [-0.15, -0.1) is 0 Å². The highest BCUT2D eigenvalue weighted by atomic mass is 16.2. The second-order valence-corrected chi connectivity index (χ2v) is 6.64. The molecule has 1 aromatic rings. The molecule has 2 fully saturated rings. The Kier molecular flexibility index (Phi) is 5.48. The molecule has 1 aromatic carbocycles. The Morgan fingerprint density at radius 2 is 2.08 bits per heavy atom. The number of benzene rings is 1. The number of rotatable bonds is 4. The van der Waals surface area contributed by atoms with E-state index in [-0.39, 0.29) is 17.9 Å². The van der Waals surface area contributed by atoms with Gasteiger partial charge in [0, 0.05) is 32.2 Å². The maximum Gasteiger partial charge on any atom is 0.239 e. The van der Waals surface area contributed by atoms with Crippen LogP contribution < -0.4 is 11.1 Å². The topological polar surface area (TPSA) is 78.7 Å². The summed E-state index contributed by atoms with van der Waals surface area (Å²) in [4.78, 5) is 28.6. The first kappa shape index (κ1) is 16.9. The normalized spacial score (nSPS) is 23.2. The van der Waals surface area contributed by atoms with Crippen molar-refractivity contribution in [2.24, 2.45) is 5.73 Å². The van der Waals surface area contributed by atoms with Crippen LogP contribution in [0.3, 0.4) is 0 Å². The van der Waals surface area contributed by atoms with Crippen molar-refractivity contribution in [1.82, 2.24) is 15.1 Å². The van der Waals surface area contributed by atoms with Gasteiger partial charge in [0.05, 0.1) is 12.6 Å². The molecular weight excluding hydrogens is 304 g/mol. The van der Waals surface area contributed by atoms with E-state index in [9.17, 15) is 9.59 Å². The molecule has 3 N–H and O–H groups in total. The lowest BCUT2D eigenvalue weighted by Gasteiger charge is -2.41. The summed E-state index contributed by atoms with van der Waals surface area (Å²) in [6.07, 6.45) is 2.43. The molecule has 2 aliphatic heterocycles. The second kappa shape index (κ2) is 7.77. The highest BCUT2D eigenvalue weighted by Crippen LogP contribution is 2.18. The van der Waals surface area contributed by atoms with Crippen LogP contribution in [0.4, 0.5) is 0 Å². The molecule has 0 saturated carbocycles. The van der Waals surface area contributed by atoms with E-state index in [1.165, 1.54) is 0 Å². The zero-order valence-corrected chi connectivity index (χ0v) is 14.0. The minimum Gasteiger partial charge on any atom is -0.339 e. The molecular formula is C18H26N4O2. The Morgan fingerprint density at radius 3 is 2.83 bits per heavy atom. The molecule has 0 spiro atoms. The first-order valence-electron chi connectivity index (χ1n) is 8.73. The lowest BCUT2D eigenvalue weighted by molar-refractivity contribution is -0.141. The van der Waals surface area contributed by atoms with E-state index in [1.54, 1.807) is 0 Å². The summed E-state index contributed by atoms with van der Waals surface area (Å²) in [5, 5.41) is 3.09. The van der Waals surface area contributed by atoms with E-state index in [4.69, 9.17) is 5.73 Å². The molecule has 0 radical (unpaired) electrons. The second-order valence-electron chi connectivity index (χ2n) is 6.64. The molecule has 24 heavy (non-hydrogen) atoms. The molecule has 0 aliphatic carbocycles. The Labute approximate surface area is 143 Å². The fourth-order valence-electron chi connectivity index (χ4n) is 3.61. The van der Waals surface area contributed by atoms with Crippen LogP contribution >= 0.6 is 0 Å². The number of hydrogen-bond donors (Lipinski definition) is 2. The van der Waals surface area contributed by atoms with Gasteiger partial charge in [-0.05, 0) is 24.8 Å². The minimum absolute atomic E-state index is 0.00821. The van der Waals surface area contributed by atoms with Crippen molar-refractivity contribution >= 4 is 11.8 Å². The number of carbonyl (C=O) groups excluding carboxylic acids is 2. The van der Waals surface area contributed by atoms with Crippen LogP contribution in [0, 0.1) is 0 Å². The summed E-state index contributed by atoms with van der Waals surface area (Å²) in [6.45, 7) is 3.29. The highest BCUT2D eigenvalue weighted by molar-refractivity contribution is 5.82. The molecule has 0 bridgehead atoms. The zero-order chi connectivity index (χ0) is 16.9. The van der Waals surface area contributed by atoms with Crippen LogP contribution in [0.15, 0.2) is 30.3 Å². The fourth-order valence-corrected chi connectivity index (χ4v) is 3.61. The molecule has 2 saturated heterocycles. The number of nitrogens with zero attached hydrogens (tertiary/aromatic N) is 2. The molecule has 1 unspecified atom stereocenters. The Bertz CT molecular complexity index is 578. The van der Waals surface area contributed by atoms with Crippen LogP contribution in [-0.4, -0.2) is 66.4 Å². The van der Waals surface area contributed by atoms with E-state index in [0.717, 1.165) is 38.0 Å². The smallest absolute Gasteiger partial charge is 0.239 e. The average Bonchev–Trinajstić information content (AvgIpc) is 2.62. The van der Waals surface area contributed by atoms with Crippen LogP contribution in [0.1, 0.15) is 18.4 Å². The number of piperidine rings is 1. The van der Waals surface area contributed by atoms with Gasteiger partial charge in [-0.1, -0.05) is 30.3 Å². The van der Waals surface area contributed by atoms with Gasteiger partial charge in [0.25, 0.3) is 0 Å². The third-order valence-corrected chi connectivity index (χ3v) is 4.89. The van der Waals surface area contributed by atoms with Crippen molar-refractivity contribution in [1.29, 1.82) is 0 Å². The average molecular weight is 330 g/mol. The Morgan fingerprint density at radius 1 is 1.29 bits per heavy atom. The van der Waals surface area contributed by atoms with Gasteiger partial charge in [-0.3, -0.25) is 9.59 Å². The van der Waals surface area contributed by atoms with Gasteiger partial charge < -0.3 is 20.9 Å². The number of nitrogens with one attached hydrogen (secondary N) is 1. The van der Waals surface area contributed by atoms with Gasteiger partial charge in [-0.25, -0.2) is 0 Å². The van der Waals surface area contributed by atoms with Crippen molar-refractivity contribution in [2.75, 3.05) is 32.7 Å². The predicted octanol–water partition coefficient (Wildman–Crippen LogP) is -0.0208. The molecule has 3 rings (SSSR count). The van der Waals surface area contributed by atoms with Crippen molar-refractivity contribution in [2.45, 2.75) is 31.3 Å². The number of amides is 2. The summed E-state index contributed by atoms with van der Waals surface area (Å²) in [6, 6.07) is 9.46. The monoisotopic (exact) mass is 330 g/mol. The van der Waals surface area contributed by atoms with E-state index in [0.29, 0.717) is 19.5 Å². The number of carbonyl (C=O) groups is 2. The van der Waals surface area contributed by atoms with Gasteiger partial charge in [-0.2, -0.15) is 0 Å². The third-order valence-electron chi connectivity index (χ3n) is 4.89. The van der Waals surface area contributed by atoms with Crippen LogP contribution in [0.5, 0.6) is 0 Å². The van der Waals surface area contributed by atoms with Gasteiger partial charge in [0.2, 0.25) is 11.8 Å². The summed E-state index contributed by atoms with van der Waals surface area (Å²) < 4.78 is 0. The van der Waals surface area contributed by atoms with Gasteiger partial charge in [0.1, 0.15) is 0 Å². The Hall–Kier alpha value is -1.92. The summed E-state index contributed by atoms with van der Waals surface area (Å²) in [7, 11) is 0. The van der Waals surface area contributed by atoms with Gasteiger partial charge >= 0.3 is 0 Å². The predicted molar refractivity (Wildman–Crippen MR) is 92.3 cm³/mol. The first-order valence-corrected chi connectivity index (χ1v) is 8.73. The Balaban J connectivity index is 1.59. The summed E-state index contributed by atoms with van der Waals surface area (Å²) in [5.41, 5.74) is 7.22.